The number of methoxy groups -OCH3 is 1. The molecule has 2 heterocycles. The minimum Gasteiger partial charge on any atom is -0.497 e. The molecule has 1 aromatic carbocycles. The van der Waals surface area contributed by atoms with Crippen molar-refractivity contribution in [3.63, 3.8) is 0 Å². The van der Waals surface area contributed by atoms with Crippen molar-refractivity contribution >= 4 is 6.03 Å². The molecule has 7 heteroatoms. The number of urea groups is 1. The molecule has 0 unspecified atom stereocenters. The highest BCUT2D eigenvalue weighted by Gasteiger charge is 2.30. The van der Waals surface area contributed by atoms with Gasteiger partial charge in [-0.3, -0.25) is 0 Å². The number of amides is 2. The highest BCUT2D eigenvalue weighted by Crippen LogP contribution is 2.19. The van der Waals surface area contributed by atoms with Crippen LogP contribution in [0.15, 0.2) is 36.7 Å². The standard InChI is InChI=1S/C19H26N4O3/c1-14(21-18(24)22-9-10-26-19(2,3)13-22)15-11-20-23(12-15)16-5-7-17(25-4)8-6-16/h5-8,11-12,14H,9-10,13H2,1-4H3,(H,21,24)/t14-/m0/s1. The van der Waals surface area contributed by atoms with Crippen LogP contribution in [0.2, 0.25) is 0 Å². The molecule has 140 valence electrons. The molecule has 0 aliphatic carbocycles. The average Bonchev–Trinajstić information content (AvgIpc) is 3.11. The van der Waals surface area contributed by atoms with Gasteiger partial charge in [-0.15, -0.1) is 0 Å². The number of carbonyl (C=O) groups excluding carboxylic acids is 1. The van der Waals surface area contributed by atoms with E-state index in [2.05, 4.69) is 10.4 Å². The Morgan fingerprint density at radius 1 is 1.35 bits per heavy atom. The maximum atomic E-state index is 12.5. The van der Waals surface area contributed by atoms with Crippen molar-refractivity contribution in [3.05, 3.63) is 42.2 Å². The number of rotatable bonds is 4. The summed E-state index contributed by atoms with van der Waals surface area (Å²) < 4.78 is 12.6. The van der Waals surface area contributed by atoms with Gasteiger partial charge in [0.15, 0.2) is 0 Å². The van der Waals surface area contributed by atoms with Gasteiger partial charge in [-0.2, -0.15) is 5.10 Å². The maximum absolute atomic E-state index is 12.5. The molecule has 26 heavy (non-hydrogen) atoms. The second-order valence-corrected chi connectivity index (χ2v) is 7.12. The number of morpholine rings is 1. The van der Waals surface area contributed by atoms with Gasteiger partial charge in [0.2, 0.25) is 0 Å². The predicted octanol–water partition coefficient (Wildman–Crippen LogP) is 2.76. The van der Waals surface area contributed by atoms with Gasteiger partial charge in [0.25, 0.3) is 0 Å². The van der Waals surface area contributed by atoms with Crippen LogP contribution in [-0.2, 0) is 4.74 Å². The quantitative estimate of drug-likeness (QED) is 0.912. The van der Waals surface area contributed by atoms with Gasteiger partial charge in [-0.25, -0.2) is 9.48 Å². The van der Waals surface area contributed by atoms with E-state index < -0.39 is 0 Å². The molecular weight excluding hydrogens is 332 g/mol. The second-order valence-electron chi connectivity index (χ2n) is 7.12. The first-order valence-corrected chi connectivity index (χ1v) is 8.76. The first-order valence-electron chi connectivity index (χ1n) is 8.76. The molecular formula is C19H26N4O3. The van der Waals surface area contributed by atoms with Crippen LogP contribution in [0.5, 0.6) is 5.75 Å². The molecule has 0 bridgehead atoms. The lowest BCUT2D eigenvalue weighted by Crippen LogP contribution is -2.53. The summed E-state index contributed by atoms with van der Waals surface area (Å²) in [5.41, 5.74) is 1.57. The van der Waals surface area contributed by atoms with Crippen molar-refractivity contribution in [1.29, 1.82) is 0 Å². The van der Waals surface area contributed by atoms with Crippen molar-refractivity contribution < 1.29 is 14.3 Å². The highest BCUT2D eigenvalue weighted by atomic mass is 16.5. The number of nitrogens with zero attached hydrogens (tertiary/aromatic N) is 3. The molecule has 1 aliphatic rings. The van der Waals surface area contributed by atoms with Crippen LogP contribution in [-0.4, -0.2) is 53.1 Å². The van der Waals surface area contributed by atoms with E-state index in [1.807, 2.05) is 51.2 Å². The van der Waals surface area contributed by atoms with Gasteiger partial charge in [-0.05, 0) is 45.0 Å². The number of aromatic nitrogens is 2. The number of carbonyl (C=O) groups is 1. The summed E-state index contributed by atoms with van der Waals surface area (Å²) in [4.78, 5) is 14.3. The first-order chi connectivity index (χ1) is 12.4. The Labute approximate surface area is 153 Å². The lowest BCUT2D eigenvalue weighted by molar-refractivity contribution is -0.0735. The molecule has 7 nitrogen and oxygen atoms in total. The van der Waals surface area contributed by atoms with Crippen LogP contribution < -0.4 is 10.1 Å². The van der Waals surface area contributed by atoms with Crippen molar-refractivity contribution in [2.24, 2.45) is 0 Å². The largest absolute Gasteiger partial charge is 0.497 e. The van der Waals surface area contributed by atoms with Gasteiger partial charge >= 0.3 is 6.03 Å². The van der Waals surface area contributed by atoms with E-state index in [1.54, 1.807) is 22.9 Å². The molecule has 0 saturated carbocycles. The van der Waals surface area contributed by atoms with Crippen molar-refractivity contribution in [2.75, 3.05) is 26.8 Å². The monoisotopic (exact) mass is 358 g/mol. The topological polar surface area (TPSA) is 68.6 Å². The van der Waals surface area contributed by atoms with Gasteiger partial charge < -0.3 is 19.7 Å². The smallest absolute Gasteiger partial charge is 0.318 e. The van der Waals surface area contributed by atoms with Crippen LogP contribution in [0.4, 0.5) is 4.79 Å². The van der Waals surface area contributed by atoms with Crippen LogP contribution >= 0.6 is 0 Å². The molecule has 0 radical (unpaired) electrons. The maximum Gasteiger partial charge on any atom is 0.318 e. The molecule has 1 fully saturated rings. The summed E-state index contributed by atoms with van der Waals surface area (Å²) in [6.07, 6.45) is 3.70. The molecule has 1 aromatic heterocycles. The van der Waals surface area contributed by atoms with Crippen LogP contribution in [0.25, 0.3) is 5.69 Å². The fraction of sp³-hybridized carbons (Fsp3) is 0.474. The summed E-state index contributed by atoms with van der Waals surface area (Å²) in [5.74, 6) is 0.801. The minimum absolute atomic E-state index is 0.0777. The van der Waals surface area contributed by atoms with E-state index in [9.17, 15) is 4.79 Å². The molecule has 2 aromatic rings. The molecule has 1 aliphatic heterocycles. The van der Waals surface area contributed by atoms with Gasteiger partial charge in [0.1, 0.15) is 5.75 Å². The Bertz CT molecular complexity index is 754. The molecule has 1 atom stereocenters. The van der Waals surface area contributed by atoms with Gasteiger partial charge in [0, 0.05) is 18.3 Å². The molecule has 1 saturated heterocycles. The third kappa shape index (κ3) is 4.16. The second kappa shape index (κ2) is 7.37. The predicted molar refractivity (Wildman–Crippen MR) is 98.7 cm³/mol. The minimum atomic E-state index is -0.307. The number of ether oxygens (including phenoxy) is 2. The zero-order valence-corrected chi connectivity index (χ0v) is 15.7. The third-order valence-corrected chi connectivity index (χ3v) is 4.49. The Morgan fingerprint density at radius 3 is 2.73 bits per heavy atom. The average molecular weight is 358 g/mol. The lowest BCUT2D eigenvalue weighted by atomic mass is 10.1. The highest BCUT2D eigenvalue weighted by molar-refractivity contribution is 5.74. The van der Waals surface area contributed by atoms with Crippen molar-refractivity contribution in [3.8, 4) is 11.4 Å². The number of hydrogen-bond donors (Lipinski definition) is 1. The Kier molecular flexibility index (Phi) is 5.18. The fourth-order valence-corrected chi connectivity index (χ4v) is 2.99. The lowest BCUT2D eigenvalue weighted by Gasteiger charge is -2.38. The normalized spacial score (nSPS) is 17.6. The molecule has 0 spiro atoms. The number of benzene rings is 1. The number of hydrogen-bond acceptors (Lipinski definition) is 4. The first kappa shape index (κ1) is 18.3. The summed E-state index contributed by atoms with van der Waals surface area (Å²) in [5, 5.41) is 7.44. The van der Waals surface area contributed by atoms with Crippen molar-refractivity contribution in [1.82, 2.24) is 20.0 Å². The third-order valence-electron chi connectivity index (χ3n) is 4.49. The summed E-state index contributed by atoms with van der Waals surface area (Å²) in [6.45, 7) is 7.69. The molecule has 2 amide bonds. The van der Waals surface area contributed by atoms with E-state index in [0.29, 0.717) is 19.7 Å². The fourth-order valence-electron chi connectivity index (χ4n) is 2.99. The Morgan fingerprint density at radius 2 is 2.08 bits per heavy atom. The van der Waals surface area contributed by atoms with Crippen LogP contribution in [0, 0.1) is 0 Å². The van der Waals surface area contributed by atoms with E-state index in [-0.39, 0.29) is 17.7 Å². The Balaban J connectivity index is 1.64. The van der Waals surface area contributed by atoms with E-state index in [4.69, 9.17) is 9.47 Å². The summed E-state index contributed by atoms with van der Waals surface area (Å²) in [7, 11) is 1.64. The van der Waals surface area contributed by atoms with E-state index in [0.717, 1.165) is 17.0 Å². The van der Waals surface area contributed by atoms with Crippen LogP contribution in [0.1, 0.15) is 32.4 Å². The van der Waals surface area contributed by atoms with E-state index in [1.165, 1.54) is 0 Å². The van der Waals surface area contributed by atoms with Gasteiger partial charge in [0.05, 0.1) is 43.8 Å². The summed E-state index contributed by atoms with van der Waals surface area (Å²) >= 11 is 0. The molecule has 1 N–H and O–H groups in total. The van der Waals surface area contributed by atoms with Gasteiger partial charge in [-0.1, -0.05) is 0 Å². The summed E-state index contributed by atoms with van der Waals surface area (Å²) in [6, 6.07) is 7.44. The zero-order valence-electron chi connectivity index (χ0n) is 15.7. The van der Waals surface area contributed by atoms with E-state index >= 15 is 0 Å². The molecule has 3 rings (SSSR count). The Hall–Kier alpha value is -2.54. The SMILES string of the molecule is COc1ccc(-n2cc([C@H](C)NC(=O)N3CCOC(C)(C)C3)cn2)cc1. The van der Waals surface area contributed by atoms with Crippen molar-refractivity contribution in [2.45, 2.75) is 32.4 Å². The zero-order chi connectivity index (χ0) is 18.7. The van der Waals surface area contributed by atoms with Crippen LogP contribution in [0.3, 0.4) is 0 Å². The number of nitrogens with one attached hydrogen (secondary N) is 1.